The normalized spacial score (nSPS) is 40.9. The lowest BCUT2D eigenvalue weighted by molar-refractivity contribution is 0.476. The molecule has 0 N–H and O–H groups in total. The molecular formula is C9H17N. The highest BCUT2D eigenvalue weighted by atomic mass is 15.3. The first-order valence-electron chi connectivity index (χ1n) is 4.10. The Labute approximate surface area is 63.7 Å². The van der Waals surface area contributed by atoms with Gasteiger partial charge >= 0.3 is 0 Å². The molecule has 0 aromatic rings. The molecule has 0 aromatic heterocycles. The quantitative estimate of drug-likeness (QED) is 0.426. The zero-order valence-electron chi connectivity index (χ0n) is 7.17. The third-order valence-electron chi connectivity index (χ3n) is 2.59. The van der Waals surface area contributed by atoms with Crippen LogP contribution >= 0.6 is 0 Å². The Morgan fingerprint density at radius 2 is 2.30 bits per heavy atom. The monoisotopic (exact) mass is 139 g/mol. The molecular weight excluding hydrogens is 122 g/mol. The summed E-state index contributed by atoms with van der Waals surface area (Å²) in [7, 11) is 0. The second kappa shape index (κ2) is 2.75. The summed E-state index contributed by atoms with van der Waals surface area (Å²) in [5, 5.41) is 0. The lowest BCUT2D eigenvalue weighted by Crippen LogP contribution is -2.07. The van der Waals surface area contributed by atoms with Gasteiger partial charge in [-0.15, -0.1) is 6.58 Å². The minimum atomic E-state index is 0.662. The first-order chi connectivity index (χ1) is 4.72. The molecule has 1 saturated heterocycles. The number of likely N-dealkylation sites (N-methyl/N-ethyl adjacent to an activating group) is 1. The summed E-state index contributed by atoms with van der Waals surface area (Å²) in [6.45, 7) is 11.7. The Bertz CT molecular complexity index is 131. The Morgan fingerprint density at radius 3 is 2.60 bits per heavy atom. The van der Waals surface area contributed by atoms with Crippen molar-refractivity contribution in [1.82, 2.24) is 4.90 Å². The Hall–Kier alpha value is -0.300. The Morgan fingerprint density at radius 1 is 1.70 bits per heavy atom. The summed E-state index contributed by atoms with van der Waals surface area (Å²) in [6, 6.07) is 1.57. The van der Waals surface area contributed by atoms with E-state index in [4.69, 9.17) is 0 Å². The van der Waals surface area contributed by atoms with Crippen LogP contribution in [0, 0.1) is 5.92 Å². The lowest BCUT2D eigenvalue weighted by Gasteiger charge is -2.02. The van der Waals surface area contributed by atoms with Crippen LogP contribution in [-0.2, 0) is 0 Å². The second-order valence-electron chi connectivity index (χ2n) is 3.16. The van der Waals surface area contributed by atoms with E-state index in [-0.39, 0.29) is 0 Å². The van der Waals surface area contributed by atoms with E-state index in [0.717, 1.165) is 12.1 Å². The van der Waals surface area contributed by atoms with E-state index in [0.29, 0.717) is 5.92 Å². The fourth-order valence-corrected chi connectivity index (χ4v) is 1.81. The highest BCUT2D eigenvalue weighted by Gasteiger charge is 2.44. The van der Waals surface area contributed by atoms with Gasteiger partial charge in [0.05, 0.1) is 0 Å². The third kappa shape index (κ3) is 1.10. The molecule has 0 bridgehead atoms. The molecule has 0 aromatic carbocycles. The summed E-state index contributed by atoms with van der Waals surface area (Å²) in [6.07, 6.45) is 2.05. The molecule has 0 saturated carbocycles. The molecule has 0 aliphatic carbocycles. The first kappa shape index (κ1) is 7.80. The van der Waals surface area contributed by atoms with E-state index in [1.807, 2.05) is 0 Å². The first-order valence-corrected chi connectivity index (χ1v) is 4.10. The maximum atomic E-state index is 3.80. The molecule has 10 heavy (non-hydrogen) atoms. The van der Waals surface area contributed by atoms with E-state index >= 15 is 0 Å². The van der Waals surface area contributed by atoms with Crippen molar-refractivity contribution in [3.63, 3.8) is 0 Å². The van der Waals surface area contributed by atoms with Crippen LogP contribution in [0.4, 0.5) is 0 Å². The van der Waals surface area contributed by atoms with E-state index in [1.54, 1.807) is 0 Å². The van der Waals surface area contributed by atoms with E-state index in [9.17, 15) is 0 Å². The van der Waals surface area contributed by atoms with Gasteiger partial charge in [-0.3, -0.25) is 4.90 Å². The van der Waals surface area contributed by atoms with E-state index < -0.39 is 0 Å². The van der Waals surface area contributed by atoms with Gasteiger partial charge in [-0.05, 0) is 19.4 Å². The van der Waals surface area contributed by atoms with Crippen molar-refractivity contribution in [2.75, 3.05) is 6.54 Å². The number of hydrogen-bond acceptors (Lipinski definition) is 1. The van der Waals surface area contributed by atoms with Crippen molar-refractivity contribution < 1.29 is 0 Å². The molecule has 0 radical (unpaired) electrons. The van der Waals surface area contributed by atoms with Gasteiger partial charge in [0.25, 0.3) is 0 Å². The van der Waals surface area contributed by atoms with E-state index in [1.165, 1.54) is 6.54 Å². The smallest absolute Gasteiger partial charge is 0.0312 e. The summed E-state index contributed by atoms with van der Waals surface area (Å²) in [5.41, 5.74) is 0. The topological polar surface area (TPSA) is 3.01 Å². The summed E-state index contributed by atoms with van der Waals surface area (Å²) < 4.78 is 0. The average Bonchev–Trinajstić information content (AvgIpc) is 2.59. The van der Waals surface area contributed by atoms with Crippen molar-refractivity contribution in [2.24, 2.45) is 5.92 Å². The van der Waals surface area contributed by atoms with Gasteiger partial charge in [0.15, 0.2) is 0 Å². The van der Waals surface area contributed by atoms with Crippen LogP contribution in [0.15, 0.2) is 12.7 Å². The lowest BCUT2D eigenvalue weighted by atomic mass is 10.1. The van der Waals surface area contributed by atoms with Crippen LogP contribution in [-0.4, -0.2) is 23.5 Å². The number of hydrogen-bond donors (Lipinski definition) is 0. The minimum absolute atomic E-state index is 0.662. The summed E-state index contributed by atoms with van der Waals surface area (Å²) in [5.74, 6) is 0.662. The molecule has 1 aliphatic rings. The van der Waals surface area contributed by atoms with Crippen molar-refractivity contribution in [1.29, 1.82) is 0 Å². The van der Waals surface area contributed by atoms with Gasteiger partial charge in [-0.2, -0.15) is 0 Å². The molecule has 1 heteroatoms. The minimum Gasteiger partial charge on any atom is -0.294 e. The maximum Gasteiger partial charge on any atom is 0.0312 e. The van der Waals surface area contributed by atoms with Crippen LogP contribution < -0.4 is 0 Å². The molecule has 4 atom stereocenters. The molecule has 1 nitrogen and oxygen atoms in total. The summed E-state index contributed by atoms with van der Waals surface area (Å²) >= 11 is 0. The van der Waals surface area contributed by atoms with Gasteiger partial charge in [0.2, 0.25) is 0 Å². The molecule has 1 aliphatic heterocycles. The molecule has 0 spiro atoms. The second-order valence-corrected chi connectivity index (χ2v) is 3.16. The number of rotatable bonds is 3. The van der Waals surface area contributed by atoms with Gasteiger partial charge in [0.1, 0.15) is 0 Å². The zero-order chi connectivity index (χ0) is 7.72. The van der Waals surface area contributed by atoms with Crippen LogP contribution in [0.2, 0.25) is 0 Å². The van der Waals surface area contributed by atoms with Crippen LogP contribution in [0.25, 0.3) is 0 Å². The molecule has 1 rings (SSSR count). The van der Waals surface area contributed by atoms with Gasteiger partial charge < -0.3 is 0 Å². The molecule has 1 fully saturated rings. The highest BCUT2D eigenvalue weighted by Crippen LogP contribution is 2.33. The molecule has 1 heterocycles. The predicted octanol–water partition coefficient (Wildman–Crippen LogP) is 1.90. The van der Waals surface area contributed by atoms with Gasteiger partial charge in [-0.25, -0.2) is 0 Å². The zero-order valence-corrected chi connectivity index (χ0v) is 7.17. The largest absolute Gasteiger partial charge is 0.294 e. The van der Waals surface area contributed by atoms with Gasteiger partial charge in [-0.1, -0.05) is 19.9 Å². The molecule has 58 valence electrons. The average molecular weight is 139 g/mol. The Kier molecular flexibility index (Phi) is 2.14. The molecule has 0 amide bonds. The molecule has 3 unspecified atom stereocenters. The fourth-order valence-electron chi connectivity index (χ4n) is 1.81. The van der Waals surface area contributed by atoms with Crippen molar-refractivity contribution in [2.45, 2.75) is 32.9 Å². The fraction of sp³-hybridized carbons (Fsp3) is 0.778. The van der Waals surface area contributed by atoms with Crippen LogP contribution in [0.1, 0.15) is 20.8 Å². The SMILES string of the molecule is C=CC(C)[C@@H]1C(C)N1CC. The van der Waals surface area contributed by atoms with Crippen molar-refractivity contribution in [3.8, 4) is 0 Å². The highest BCUT2D eigenvalue weighted by molar-refractivity contribution is 5.05. The van der Waals surface area contributed by atoms with E-state index in [2.05, 4.69) is 38.3 Å². The summed E-state index contributed by atoms with van der Waals surface area (Å²) in [4.78, 5) is 2.49. The predicted molar refractivity (Wildman–Crippen MR) is 45.0 cm³/mol. The van der Waals surface area contributed by atoms with Crippen molar-refractivity contribution in [3.05, 3.63) is 12.7 Å². The standard InChI is InChI=1S/C9H17N/c1-5-7(3)9-8(4)10(9)6-2/h5,7-9H,1,6H2,2-4H3/t7?,8?,9-,10?/m1/s1. The van der Waals surface area contributed by atoms with Crippen LogP contribution in [0.5, 0.6) is 0 Å². The van der Waals surface area contributed by atoms with Gasteiger partial charge in [0, 0.05) is 12.1 Å². The number of nitrogens with zero attached hydrogens (tertiary/aromatic N) is 1. The Balaban J connectivity index is 2.39. The van der Waals surface area contributed by atoms with Crippen molar-refractivity contribution >= 4 is 0 Å². The van der Waals surface area contributed by atoms with Crippen LogP contribution in [0.3, 0.4) is 0 Å². The maximum absolute atomic E-state index is 3.80. The third-order valence-corrected chi connectivity index (χ3v) is 2.59.